The average Bonchev–Trinajstić information content (AvgIpc) is 2.29. The van der Waals surface area contributed by atoms with Crippen molar-refractivity contribution in [3.8, 4) is 0 Å². The third-order valence-corrected chi connectivity index (χ3v) is 3.04. The fourth-order valence-electron chi connectivity index (χ4n) is 1.45. The third-order valence-electron chi connectivity index (χ3n) is 2.78. The van der Waals surface area contributed by atoms with Gasteiger partial charge in [0.25, 0.3) is 0 Å². The zero-order valence-corrected chi connectivity index (χ0v) is 11.1. The van der Waals surface area contributed by atoms with Crippen LogP contribution in [0.4, 0.5) is 0 Å². The van der Waals surface area contributed by atoms with Crippen LogP contribution in [0.2, 0.25) is 5.02 Å². The number of aliphatic hydroxyl groups excluding tert-OH is 1. The smallest absolute Gasteiger partial charge is 0.230 e. The van der Waals surface area contributed by atoms with Gasteiger partial charge in [-0.1, -0.05) is 23.7 Å². The summed E-state index contributed by atoms with van der Waals surface area (Å²) in [6.07, 6.45) is 0. The summed E-state index contributed by atoms with van der Waals surface area (Å²) in [7, 11) is 0. The zero-order valence-electron chi connectivity index (χ0n) is 10.3. The topological polar surface area (TPSA) is 49.3 Å². The summed E-state index contributed by atoms with van der Waals surface area (Å²) >= 11 is 5.81. The predicted octanol–water partition coefficient (Wildman–Crippen LogP) is 2.11. The van der Waals surface area contributed by atoms with Crippen LogP contribution in [0.25, 0.3) is 0 Å². The molecule has 4 heteroatoms. The van der Waals surface area contributed by atoms with Gasteiger partial charge in [-0.15, -0.1) is 0 Å². The van der Waals surface area contributed by atoms with Crippen molar-refractivity contribution in [2.45, 2.75) is 32.2 Å². The summed E-state index contributed by atoms with van der Waals surface area (Å²) in [5.41, 5.74) is 0.248. The van der Waals surface area contributed by atoms with Crippen LogP contribution in [0, 0.1) is 0 Å². The molecule has 0 fully saturated rings. The number of hydrogen-bond acceptors (Lipinski definition) is 2. The number of hydrogen-bond donors (Lipinski definition) is 2. The van der Waals surface area contributed by atoms with E-state index >= 15 is 0 Å². The molecule has 1 aromatic carbocycles. The normalized spacial score (nSPS) is 13.2. The van der Waals surface area contributed by atoms with Gasteiger partial charge in [0, 0.05) is 11.1 Å². The number of carbonyl (C=O) groups excluding carboxylic acids is 1. The van der Waals surface area contributed by atoms with Crippen molar-refractivity contribution >= 4 is 17.5 Å². The van der Waals surface area contributed by atoms with E-state index in [0.717, 1.165) is 5.56 Å². The lowest BCUT2D eigenvalue weighted by Gasteiger charge is -2.26. The Morgan fingerprint density at radius 1 is 1.41 bits per heavy atom. The molecule has 0 aliphatic heterocycles. The summed E-state index contributed by atoms with van der Waals surface area (Å²) in [6, 6.07) is 6.97. The van der Waals surface area contributed by atoms with Gasteiger partial charge in [0.2, 0.25) is 5.91 Å². The SMILES string of the molecule is CC(CO)NC(=O)C(C)(C)c1ccc(Cl)cc1. The maximum Gasteiger partial charge on any atom is 0.230 e. The number of rotatable bonds is 4. The second kappa shape index (κ2) is 5.52. The van der Waals surface area contributed by atoms with E-state index in [1.54, 1.807) is 19.1 Å². The lowest BCUT2D eigenvalue weighted by Crippen LogP contribution is -2.45. The minimum atomic E-state index is -0.645. The summed E-state index contributed by atoms with van der Waals surface area (Å²) in [4.78, 5) is 12.1. The maximum absolute atomic E-state index is 12.1. The highest BCUT2D eigenvalue weighted by Crippen LogP contribution is 2.24. The van der Waals surface area contributed by atoms with Gasteiger partial charge in [-0.25, -0.2) is 0 Å². The average molecular weight is 256 g/mol. The van der Waals surface area contributed by atoms with Gasteiger partial charge in [-0.05, 0) is 38.5 Å². The quantitative estimate of drug-likeness (QED) is 0.866. The number of halogens is 1. The van der Waals surface area contributed by atoms with E-state index in [1.807, 2.05) is 26.0 Å². The molecule has 0 bridgehead atoms. The Balaban J connectivity index is 2.86. The van der Waals surface area contributed by atoms with Crippen molar-refractivity contribution in [3.63, 3.8) is 0 Å². The first-order valence-electron chi connectivity index (χ1n) is 5.55. The molecule has 1 rings (SSSR count). The van der Waals surface area contributed by atoms with Crippen LogP contribution in [-0.2, 0) is 10.2 Å². The molecule has 3 nitrogen and oxygen atoms in total. The summed E-state index contributed by atoms with van der Waals surface area (Å²) in [6.45, 7) is 5.38. The van der Waals surface area contributed by atoms with Gasteiger partial charge in [-0.2, -0.15) is 0 Å². The van der Waals surface area contributed by atoms with E-state index < -0.39 is 5.41 Å². The van der Waals surface area contributed by atoms with Gasteiger partial charge in [-0.3, -0.25) is 4.79 Å². The van der Waals surface area contributed by atoms with Crippen molar-refractivity contribution < 1.29 is 9.90 Å². The fraction of sp³-hybridized carbons (Fsp3) is 0.462. The van der Waals surface area contributed by atoms with Gasteiger partial charge in [0.05, 0.1) is 12.0 Å². The molecule has 0 saturated carbocycles. The largest absolute Gasteiger partial charge is 0.394 e. The van der Waals surface area contributed by atoms with Gasteiger partial charge in [0.1, 0.15) is 0 Å². The van der Waals surface area contributed by atoms with Crippen LogP contribution in [-0.4, -0.2) is 23.7 Å². The highest BCUT2D eigenvalue weighted by molar-refractivity contribution is 6.30. The molecule has 1 unspecified atom stereocenters. The first-order valence-corrected chi connectivity index (χ1v) is 5.93. The molecule has 0 aliphatic rings. The van der Waals surface area contributed by atoms with Crippen molar-refractivity contribution in [2.24, 2.45) is 0 Å². The number of nitrogens with one attached hydrogen (secondary N) is 1. The van der Waals surface area contributed by atoms with Crippen LogP contribution in [0.3, 0.4) is 0 Å². The molecule has 0 heterocycles. The Kier molecular flexibility index (Phi) is 4.54. The summed E-state index contributed by atoms with van der Waals surface area (Å²) < 4.78 is 0. The molecule has 0 spiro atoms. The molecular formula is C13H18ClNO2. The van der Waals surface area contributed by atoms with Gasteiger partial charge < -0.3 is 10.4 Å². The van der Waals surface area contributed by atoms with Crippen LogP contribution < -0.4 is 5.32 Å². The minimum Gasteiger partial charge on any atom is -0.394 e. The third kappa shape index (κ3) is 3.45. The molecule has 0 radical (unpaired) electrons. The lowest BCUT2D eigenvalue weighted by molar-refractivity contribution is -0.126. The molecule has 2 N–H and O–H groups in total. The summed E-state index contributed by atoms with van der Waals surface area (Å²) in [5.74, 6) is -0.110. The van der Waals surface area contributed by atoms with E-state index in [1.165, 1.54) is 0 Å². The van der Waals surface area contributed by atoms with E-state index in [2.05, 4.69) is 5.32 Å². The minimum absolute atomic E-state index is 0.0670. The Morgan fingerprint density at radius 3 is 2.41 bits per heavy atom. The highest BCUT2D eigenvalue weighted by atomic mass is 35.5. The number of amides is 1. The van der Waals surface area contributed by atoms with Gasteiger partial charge >= 0.3 is 0 Å². The van der Waals surface area contributed by atoms with Gasteiger partial charge in [0.15, 0.2) is 0 Å². The summed E-state index contributed by atoms with van der Waals surface area (Å²) in [5, 5.41) is 12.3. The molecule has 0 aliphatic carbocycles. The van der Waals surface area contributed by atoms with E-state index in [4.69, 9.17) is 16.7 Å². The van der Waals surface area contributed by atoms with Crippen LogP contribution in [0.5, 0.6) is 0 Å². The molecule has 94 valence electrons. The molecule has 1 aromatic rings. The Bertz CT molecular complexity index is 387. The van der Waals surface area contributed by atoms with Crippen molar-refractivity contribution in [1.29, 1.82) is 0 Å². The number of aliphatic hydroxyl groups is 1. The first-order chi connectivity index (χ1) is 7.87. The maximum atomic E-state index is 12.1. The Labute approximate surface area is 107 Å². The standard InChI is InChI=1S/C13H18ClNO2/c1-9(8-16)15-12(17)13(2,3)10-4-6-11(14)7-5-10/h4-7,9,16H,8H2,1-3H3,(H,15,17). The van der Waals surface area contributed by atoms with E-state index in [0.29, 0.717) is 5.02 Å². The zero-order chi connectivity index (χ0) is 13.1. The predicted molar refractivity (Wildman–Crippen MR) is 69.2 cm³/mol. The Morgan fingerprint density at radius 2 is 1.94 bits per heavy atom. The molecule has 0 aromatic heterocycles. The first kappa shape index (κ1) is 14.0. The molecule has 1 amide bonds. The van der Waals surface area contributed by atoms with Crippen molar-refractivity contribution in [2.75, 3.05) is 6.61 Å². The van der Waals surface area contributed by atoms with E-state index in [9.17, 15) is 4.79 Å². The van der Waals surface area contributed by atoms with Crippen molar-refractivity contribution in [1.82, 2.24) is 5.32 Å². The monoisotopic (exact) mass is 255 g/mol. The Hall–Kier alpha value is -1.06. The highest BCUT2D eigenvalue weighted by Gasteiger charge is 2.30. The second-order valence-electron chi connectivity index (χ2n) is 4.69. The lowest BCUT2D eigenvalue weighted by atomic mass is 9.83. The fourth-order valence-corrected chi connectivity index (χ4v) is 1.57. The number of carbonyl (C=O) groups is 1. The second-order valence-corrected chi connectivity index (χ2v) is 5.13. The van der Waals surface area contributed by atoms with Crippen LogP contribution >= 0.6 is 11.6 Å². The molecule has 0 saturated heterocycles. The molecule has 17 heavy (non-hydrogen) atoms. The molecular weight excluding hydrogens is 238 g/mol. The van der Waals surface area contributed by atoms with Crippen molar-refractivity contribution in [3.05, 3.63) is 34.9 Å². The number of benzene rings is 1. The van der Waals surface area contributed by atoms with E-state index in [-0.39, 0.29) is 18.6 Å². The van der Waals surface area contributed by atoms with Crippen LogP contribution in [0.1, 0.15) is 26.3 Å². The molecule has 1 atom stereocenters. The van der Waals surface area contributed by atoms with Crippen LogP contribution in [0.15, 0.2) is 24.3 Å².